The second kappa shape index (κ2) is 7.71. The molecule has 2 aromatic carbocycles. The van der Waals surface area contributed by atoms with Crippen molar-refractivity contribution < 1.29 is 14.3 Å². The molecule has 2 aromatic rings. The van der Waals surface area contributed by atoms with Crippen molar-refractivity contribution in [2.45, 2.75) is 19.4 Å². The van der Waals surface area contributed by atoms with E-state index in [1.807, 2.05) is 19.1 Å². The molecule has 0 aliphatic rings. The number of methoxy groups -OCH3 is 1. The quantitative estimate of drug-likeness (QED) is 0.870. The summed E-state index contributed by atoms with van der Waals surface area (Å²) in [5, 5.41) is 3.44. The van der Waals surface area contributed by atoms with Crippen LogP contribution in [-0.4, -0.2) is 19.1 Å². The molecule has 0 aromatic heterocycles. The number of hydrogen-bond donors (Lipinski definition) is 1. The van der Waals surface area contributed by atoms with Gasteiger partial charge < -0.3 is 14.8 Å². The molecule has 0 heterocycles. The van der Waals surface area contributed by atoms with Gasteiger partial charge in [0.2, 0.25) is 0 Å². The van der Waals surface area contributed by atoms with E-state index in [1.54, 1.807) is 43.5 Å². The van der Waals surface area contributed by atoms with Crippen LogP contribution >= 0.6 is 11.6 Å². The van der Waals surface area contributed by atoms with Crippen molar-refractivity contribution in [2.24, 2.45) is 0 Å². The molecule has 5 heteroatoms. The van der Waals surface area contributed by atoms with Gasteiger partial charge in [-0.1, -0.05) is 24.6 Å². The lowest BCUT2D eigenvalue weighted by Gasteiger charge is -2.17. The molecule has 0 fully saturated rings. The van der Waals surface area contributed by atoms with Crippen LogP contribution in [0.25, 0.3) is 0 Å². The predicted octanol–water partition coefficient (Wildman–Crippen LogP) is 4.14. The van der Waals surface area contributed by atoms with Gasteiger partial charge in [0.25, 0.3) is 5.91 Å². The minimum atomic E-state index is -0.581. The Balaban J connectivity index is 2.03. The van der Waals surface area contributed by atoms with E-state index in [-0.39, 0.29) is 5.91 Å². The molecule has 1 amide bonds. The fourth-order valence-electron chi connectivity index (χ4n) is 1.92. The van der Waals surface area contributed by atoms with Gasteiger partial charge in [-0.2, -0.15) is 0 Å². The average Bonchev–Trinajstić information content (AvgIpc) is 2.54. The van der Waals surface area contributed by atoms with Gasteiger partial charge in [-0.3, -0.25) is 4.79 Å². The number of halogens is 1. The SMILES string of the molecule is CC[C@H](Oc1cccc(OC)c1)C(=O)Nc1ccc(Cl)cc1. The fourth-order valence-corrected chi connectivity index (χ4v) is 2.04. The number of nitrogens with one attached hydrogen (secondary N) is 1. The molecule has 0 bridgehead atoms. The molecule has 1 atom stereocenters. The minimum Gasteiger partial charge on any atom is -0.497 e. The van der Waals surface area contributed by atoms with Gasteiger partial charge in [-0.15, -0.1) is 0 Å². The van der Waals surface area contributed by atoms with Gasteiger partial charge in [0.1, 0.15) is 11.5 Å². The topological polar surface area (TPSA) is 47.6 Å². The minimum absolute atomic E-state index is 0.201. The standard InChI is InChI=1S/C17H18ClNO3/c1-3-16(22-15-6-4-5-14(11-15)21-2)17(20)19-13-9-7-12(18)8-10-13/h4-11,16H,3H2,1-2H3,(H,19,20)/t16-/m0/s1. The third kappa shape index (κ3) is 4.40. The largest absolute Gasteiger partial charge is 0.497 e. The van der Waals surface area contributed by atoms with Crippen molar-refractivity contribution in [3.63, 3.8) is 0 Å². The van der Waals surface area contributed by atoms with Gasteiger partial charge in [0.05, 0.1) is 7.11 Å². The predicted molar refractivity (Wildman–Crippen MR) is 87.8 cm³/mol. The Morgan fingerprint density at radius 3 is 2.50 bits per heavy atom. The molecule has 22 heavy (non-hydrogen) atoms. The molecule has 2 rings (SSSR count). The lowest BCUT2D eigenvalue weighted by molar-refractivity contribution is -0.122. The highest BCUT2D eigenvalue weighted by molar-refractivity contribution is 6.30. The third-order valence-electron chi connectivity index (χ3n) is 3.09. The summed E-state index contributed by atoms with van der Waals surface area (Å²) in [6.45, 7) is 1.90. The monoisotopic (exact) mass is 319 g/mol. The second-order valence-electron chi connectivity index (χ2n) is 4.69. The summed E-state index contributed by atoms with van der Waals surface area (Å²) >= 11 is 5.82. The average molecular weight is 320 g/mol. The maximum absolute atomic E-state index is 12.3. The van der Waals surface area contributed by atoms with Crippen LogP contribution in [0.4, 0.5) is 5.69 Å². The molecule has 0 spiro atoms. The lowest BCUT2D eigenvalue weighted by Crippen LogP contribution is -2.32. The van der Waals surface area contributed by atoms with E-state index in [1.165, 1.54) is 0 Å². The number of carbonyl (C=O) groups excluding carboxylic acids is 1. The van der Waals surface area contributed by atoms with Crippen LogP contribution in [-0.2, 0) is 4.79 Å². The Labute approximate surface area is 135 Å². The number of anilines is 1. The molecule has 0 saturated carbocycles. The Morgan fingerprint density at radius 1 is 1.18 bits per heavy atom. The molecule has 116 valence electrons. The number of hydrogen-bond acceptors (Lipinski definition) is 3. The van der Waals surface area contributed by atoms with Crippen LogP contribution < -0.4 is 14.8 Å². The highest BCUT2D eigenvalue weighted by Gasteiger charge is 2.18. The van der Waals surface area contributed by atoms with Crippen molar-refractivity contribution >= 4 is 23.2 Å². The van der Waals surface area contributed by atoms with E-state index in [4.69, 9.17) is 21.1 Å². The molecule has 4 nitrogen and oxygen atoms in total. The smallest absolute Gasteiger partial charge is 0.265 e. The highest BCUT2D eigenvalue weighted by atomic mass is 35.5. The first-order valence-electron chi connectivity index (χ1n) is 6.99. The molecule has 0 aliphatic carbocycles. The number of benzene rings is 2. The third-order valence-corrected chi connectivity index (χ3v) is 3.35. The fraction of sp³-hybridized carbons (Fsp3) is 0.235. The van der Waals surface area contributed by atoms with Gasteiger partial charge in [-0.25, -0.2) is 0 Å². The maximum atomic E-state index is 12.3. The molecule has 0 unspecified atom stereocenters. The zero-order valence-corrected chi connectivity index (χ0v) is 13.3. The Bertz CT molecular complexity index is 628. The number of amides is 1. The first kappa shape index (κ1) is 16.2. The van der Waals surface area contributed by atoms with E-state index < -0.39 is 6.10 Å². The first-order chi connectivity index (χ1) is 10.6. The molecular weight excluding hydrogens is 302 g/mol. The van der Waals surface area contributed by atoms with Crippen molar-refractivity contribution in [1.82, 2.24) is 0 Å². The summed E-state index contributed by atoms with van der Waals surface area (Å²) in [5.74, 6) is 1.08. The van der Waals surface area contributed by atoms with Crippen molar-refractivity contribution in [1.29, 1.82) is 0 Å². The van der Waals surface area contributed by atoms with Crippen molar-refractivity contribution in [3.8, 4) is 11.5 Å². The van der Waals surface area contributed by atoms with Gasteiger partial charge >= 0.3 is 0 Å². The second-order valence-corrected chi connectivity index (χ2v) is 5.13. The van der Waals surface area contributed by atoms with Crippen LogP contribution in [0.3, 0.4) is 0 Å². The molecular formula is C17H18ClNO3. The van der Waals surface area contributed by atoms with Crippen LogP contribution in [0.5, 0.6) is 11.5 Å². The van der Waals surface area contributed by atoms with Crippen LogP contribution in [0, 0.1) is 0 Å². The van der Waals surface area contributed by atoms with E-state index in [0.717, 1.165) is 0 Å². The van der Waals surface area contributed by atoms with E-state index in [9.17, 15) is 4.79 Å². The number of carbonyl (C=O) groups is 1. The highest BCUT2D eigenvalue weighted by Crippen LogP contribution is 2.21. The summed E-state index contributed by atoms with van der Waals surface area (Å²) in [6, 6.07) is 14.1. The summed E-state index contributed by atoms with van der Waals surface area (Å²) in [4.78, 5) is 12.3. The Morgan fingerprint density at radius 2 is 1.86 bits per heavy atom. The molecule has 0 saturated heterocycles. The van der Waals surface area contributed by atoms with Crippen molar-refractivity contribution in [3.05, 3.63) is 53.6 Å². The first-order valence-corrected chi connectivity index (χ1v) is 7.37. The van der Waals surface area contributed by atoms with E-state index >= 15 is 0 Å². The van der Waals surface area contributed by atoms with Crippen molar-refractivity contribution in [2.75, 3.05) is 12.4 Å². The molecule has 1 N–H and O–H groups in total. The van der Waals surface area contributed by atoms with E-state index in [0.29, 0.717) is 28.6 Å². The van der Waals surface area contributed by atoms with Gasteiger partial charge in [-0.05, 0) is 42.8 Å². The molecule has 0 radical (unpaired) electrons. The normalized spacial score (nSPS) is 11.6. The lowest BCUT2D eigenvalue weighted by atomic mass is 10.2. The zero-order chi connectivity index (χ0) is 15.9. The zero-order valence-electron chi connectivity index (χ0n) is 12.5. The summed E-state index contributed by atoms with van der Waals surface area (Å²) < 4.78 is 10.9. The maximum Gasteiger partial charge on any atom is 0.265 e. The number of rotatable bonds is 6. The number of ether oxygens (including phenoxy) is 2. The van der Waals surface area contributed by atoms with E-state index in [2.05, 4.69) is 5.32 Å². The van der Waals surface area contributed by atoms with Gasteiger partial charge in [0.15, 0.2) is 6.10 Å². The van der Waals surface area contributed by atoms with Crippen LogP contribution in [0.2, 0.25) is 5.02 Å². The summed E-state index contributed by atoms with van der Waals surface area (Å²) in [6.07, 6.45) is -0.0285. The summed E-state index contributed by atoms with van der Waals surface area (Å²) in [5.41, 5.74) is 0.682. The molecule has 0 aliphatic heterocycles. The van der Waals surface area contributed by atoms with Crippen LogP contribution in [0.15, 0.2) is 48.5 Å². The summed E-state index contributed by atoms with van der Waals surface area (Å²) in [7, 11) is 1.59. The Hall–Kier alpha value is -2.20. The van der Waals surface area contributed by atoms with Gasteiger partial charge in [0, 0.05) is 16.8 Å². The Kier molecular flexibility index (Phi) is 5.67. The van der Waals surface area contributed by atoms with Crippen LogP contribution in [0.1, 0.15) is 13.3 Å².